The minimum atomic E-state index is 0.153. The molecule has 1 rings (SSSR count). The summed E-state index contributed by atoms with van der Waals surface area (Å²) in [7, 11) is 1.55. The first-order valence-electron chi connectivity index (χ1n) is 4.63. The second-order valence-corrected chi connectivity index (χ2v) is 3.18. The third kappa shape index (κ3) is 2.39. The highest BCUT2D eigenvalue weighted by molar-refractivity contribution is 5.48. The summed E-state index contributed by atoms with van der Waals surface area (Å²) in [6, 6.07) is 3.75. The maximum Gasteiger partial charge on any atom is 0.188 e. The Labute approximate surface area is 84.3 Å². The van der Waals surface area contributed by atoms with Crippen LogP contribution in [-0.4, -0.2) is 19.0 Å². The normalized spacial score (nSPS) is 10.2. The van der Waals surface area contributed by atoms with Crippen molar-refractivity contribution >= 4 is 0 Å². The van der Waals surface area contributed by atoms with Crippen molar-refractivity contribution in [2.75, 3.05) is 13.9 Å². The van der Waals surface area contributed by atoms with Gasteiger partial charge in [0.05, 0.1) is 0 Å². The van der Waals surface area contributed by atoms with Gasteiger partial charge in [-0.25, -0.2) is 0 Å². The van der Waals surface area contributed by atoms with Gasteiger partial charge < -0.3 is 14.6 Å². The lowest BCUT2D eigenvalue weighted by Gasteiger charge is -2.11. The fourth-order valence-corrected chi connectivity index (χ4v) is 1.32. The molecular weight excluding hydrogens is 180 g/mol. The largest absolute Gasteiger partial charge is 0.504 e. The molecule has 0 unspecified atom stereocenters. The fourth-order valence-electron chi connectivity index (χ4n) is 1.32. The Kier molecular flexibility index (Phi) is 3.77. The molecule has 0 aromatic heterocycles. The summed E-state index contributed by atoms with van der Waals surface area (Å²) in [5, 5.41) is 9.76. The minimum absolute atomic E-state index is 0.153. The van der Waals surface area contributed by atoms with E-state index in [0.717, 1.165) is 17.5 Å². The highest BCUT2D eigenvalue weighted by Gasteiger charge is 2.08. The summed E-state index contributed by atoms with van der Waals surface area (Å²) in [4.78, 5) is 0. The SMILES string of the molecule is CCc1cc(C)cc(OCOC)c1O. The van der Waals surface area contributed by atoms with Gasteiger partial charge in [-0.2, -0.15) is 0 Å². The molecule has 0 fully saturated rings. The molecule has 0 radical (unpaired) electrons. The van der Waals surface area contributed by atoms with Gasteiger partial charge in [0.15, 0.2) is 18.3 Å². The number of ether oxygens (including phenoxy) is 2. The molecule has 1 aromatic rings. The summed E-state index contributed by atoms with van der Waals surface area (Å²) in [5.74, 6) is 0.707. The van der Waals surface area contributed by atoms with Gasteiger partial charge in [0.1, 0.15) is 0 Å². The Morgan fingerprint density at radius 1 is 1.36 bits per heavy atom. The molecule has 0 amide bonds. The maximum absolute atomic E-state index is 9.76. The van der Waals surface area contributed by atoms with E-state index in [2.05, 4.69) is 0 Å². The van der Waals surface area contributed by atoms with Gasteiger partial charge in [0, 0.05) is 7.11 Å². The van der Waals surface area contributed by atoms with Gasteiger partial charge in [-0.3, -0.25) is 0 Å². The van der Waals surface area contributed by atoms with Crippen molar-refractivity contribution in [3.63, 3.8) is 0 Å². The zero-order chi connectivity index (χ0) is 10.6. The highest BCUT2D eigenvalue weighted by atomic mass is 16.7. The topological polar surface area (TPSA) is 38.7 Å². The van der Waals surface area contributed by atoms with E-state index in [4.69, 9.17) is 9.47 Å². The zero-order valence-electron chi connectivity index (χ0n) is 8.83. The van der Waals surface area contributed by atoms with Crippen molar-refractivity contribution in [2.24, 2.45) is 0 Å². The Hall–Kier alpha value is -1.22. The van der Waals surface area contributed by atoms with Crippen LogP contribution in [0.4, 0.5) is 0 Å². The summed E-state index contributed by atoms with van der Waals surface area (Å²) < 4.78 is 10.0. The third-order valence-corrected chi connectivity index (χ3v) is 2.01. The van der Waals surface area contributed by atoms with Gasteiger partial charge in [-0.15, -0.1) is 0 Å². The van der Waals surface area contributed by atoms with E-state index >= 15 is 0 Å². The smallest absolute Gasteiger partial charge is 0.188 e. The quantitative estimate of drug-likeness (QED) is 0.750. The number of rotatable bonds is 4. The second kappa shape index (κ2) is 4.86. The summed E-state index contributed by atoms with van der Waals surface area (Å²) in [6.45, 7) is 4.12. The Balaban J connectivity index is 2.96. The van der Waals surface area contributed by atoms with E-state index in [1.165, 1.54) is 0 Å². The molecule has 0 aliphatic rings. The molecule has 0 saturated carbocycles. The molecule has 3 heteroatoms. The van der Waals surface area contributed by atoms with Crippen LogP contribution in [0.2, 0.25) is 0 Å². The first kappa shape index (κ1) is 10.9. The molecule has 0 heterocycles. The molecule has 14 heavy (non-hydrogen) atoms. The molecule has 0 aliphatic heterocycles. The lowest BCUT2D eigenvalue weighted by Crippen LogP contribution is -2.00. The van der Waals surface area contributed by atoms with E-state index in [9.17, 15) is 5.11 Å². The molecule has 0 saturated heterocycles. The van der Waals surface area contributed by atoms with E-state index in [1.807, 2.05) is 19.9 Å². The zero-order valence-corrected chi connectivity index (χ0v) is 8.83. The van der Waals surface area contributed by atoms with Crippen LogP contribution in [0.1, 0.15) is 18.1 Å². The third-order valence-electron chi connectivity index (χ3n) is 2.01. The molecule has 0 atom stereocenters. The predicted octanol–water partition coefficient (Wildman–Crippen LogP) is 2.25. The van der Waals surface area contributed by atoms with Crippen LogP contribution < -0.4 is 4.74 Å². The van der Waals surface area contributed by atoms with Crippen molar-refractivity contribution in [1.82, 2.24) is 0 Å². The van der Waals surface area contributed by atoms with Crippen LogP contribution in [0, 0.1) is 6.92 Å². The van der Waals surface area contributed by atoms with Crippen molar-refractivity contribution in [2.45, 2.75) is 20.3 Å². The van der Waals surface area contributed by atoms with Crippen LogP contribution >= 0.6 is 0 Å². The van der Waals surface area contributed by atoms with Crippen LogP contribution in [0.5, 0.6) is 11.5 Å². The van der Waals surface area contributed by atoms with Gasteiger partial charge >= 0.3 is 0 Å². The molecule has 3 nitrogen and oxygen atoms in total. The van der Waals surface area contributed by atoms with Crippen molar-refractivity contribution in [1.29, 1.82) is 0 Å². The van der Waals surface area contributed by atoms with Crippen LogP contribution in [0.15, 0.2) is 12.1 Å². The number of aryl methyl sites for hydroxylation is 2. The standard InChI is InChI=1S/C11H16O3/c1-4-9-5-8(2)6-10(11(9)12)14-7-13-3/h5-6,12H,4,7H2,1-3H3. The van der Waals surface area contributed by atoms with Gasteiger partial charge in [-0.1, -0.05) is 13.0 Å². The predicted molar refractivity (Wildman–Crippen MR) is 54.7 cm³/mol. The van der Waals surface area contributed by atoms with E-state index in [0.29, 0.717) is 5.75 Å². The Bertz CT molecular complexity index is 308. The first-order valence-corrected chi connectivity index (χ1v) is 4.63. The van der Waals surface area contributed by atoms with Gasteiger partial charge in [0.25, 0.3) is 0 Å². The molecule has 0 aliphatic carbocycles. The summed E-state index contributed by atoms with van der Waals surface area (Å²) >= 11 is 0. The van der Waals surface area contributed by atoms with Gasteiger partial charge in [0.2, 0.25) is 0 Å². The van der Waals surface area contributed by atoms with Crippen molar-refractivity contribution in [3.05, 3.63) is 23.3 Å². The Morgan fingerprint density at radius 2 is 2.07 bits per heavy atom. The number of hydrogen-bond acceptors (Lipinski definition) is 3. The monoisotopic (exact) mass is 196 g/mol. The molecular formula is C11H16O3. The maximum atomic E-state index is 9.76. The Morgan fingerprint density at radius 3 is 2.64 bits per heavy atom. The number of hydrogen-bond donors (Lipinski definition) is 1. The molecule has 1 N–H and O–H groups in total. The average molecular weight is 196 g/mol. The lowest BCUT2D eigenvalue weighted by atomic mass is 10.1. The summed E-state index contributed by atoms with van der Waals surface area (Å²) in [6.07, 6.45) is 0.789. The first-order chi connectivity index (χ1) is 6.69. The number of phenolic OH excluding ortho intramolecular Hbond substituents is 1. The summed E-state index contributed by atoms with van der Waals surface area (Å²) in [5.41, 5.74) is 1.97. The lowest BCUT2D eigenvalue weighted by molar-refractivity contribution is 0.0491. The molecule has 0 bridgehead atoms. The fraction of sp³-hybridized carbons (Fsp3) is 0.455. The molecule has 1 aromatic carbocycles. The number of methoxy groups -OCH3 is 1. The number of benzene rings is 1. The minimum Gasteiger partial charge on any atom is -0.504 e. The van der Waals surface area contributed by atoms with Crippen molar-refractivity contribution in [3.8, 4) is 11.5 Å². The van der Waals surface area contributed by atoms with Crippen LogP contribution in [-0.2, 0) is 11.2 Å². The molecule has 0 spiro atoms. The van der Waals surface area contributed by atoms with Crippen LogP contribution in [0.3, 0.4) is 0 Å². The van der Waals surface area contributed by atoms with E-state index < -0.39 is 0 Å². The van der Waals surface area contributed by atoms with Gasteiger partial charge in [-0.05, 0) is 30.5 Å². The number of phenols is 1. The van der Waals surface area contributed by atoms with E-state index in [-0.39, 0.29) is 12.5 Å². The number of aromatic hydroxyl groups is 1. The van der Waals surface area contributed by atoms with Crippen LogP contribution in [0.25, 0.3) is 0 Å². The molecule has 78 valence electrons. The highest BCUT2D eigenvalue weighted by Crippen LogP contribution is 2.31. The van der Waals surface area contributed by atoms with E-state index in [1.54, 1.807) is 13.2 Å². The second-order valence-electron chi connectivity index (χ2n) is 3.18. The van der Waals surface area contributed by atoms with Crippen molar-refractivity contribution < 1.29 is 14.6 Å². The average Bonchev–Trinajstić information content (AvgIpc) is 2.18.